The highest BCUT2D eigenvalue weighted by Crippen LogP contribution is 2.29. The third-order valence-electron chi connectivity index (χ3n) is 5.81. The molecule has 0 fully saturated rings. The van der Waals surface area contributed by atoms with Crippen molar-refractivity contribution in [3.05, 3.63) is 113 Å². The summed E-state index contributed by atoms with van der Waals surface area (Å²) in [6.07, 6.45) is 3.46. The zero-order valence-corrected chi connectivity index (χ0v) is 18.0. The lowest BCUT2D eigenvalue weighted by atomic mass is 10.1. The van der Waals surface area contributed by atoms with E-state index in [1.54, 1.807) is 30.0 Å². The molecule has 2 aromatic carbocycles. The smallest absolute Gasteiger partial charge is 0.260 e. The molecule has 0 radical (unpaired) electrons. The number of carbonyl (C=O) groups excluding carboxylic acids is 2. The number of nitrogens with one attached hydrogen (secondary N) is 1. The van der Waals surface area contributed by atoms with Gasteiger partial charge in [0.05, 0.1) is 12.1 Å². The summed E-state index contributed by atoms with van der Waals surface area (Å²) in [4.78, 5) is 32.0. The van der Waals surface area contributed by atoms with Crippen LogP contribution in [0.5, 0.6) is 0 Å². The lowest BCUT2D eigenvalue weighted by Crippen LogP contribution is -2.30. The normalized spacial score (nSPS) is 12.5. The van der Waals surface area contributed by atoms with Gasteiger partial charge in [0.25, 0.3) is 11.8 Å². The van der Waals surface area contributed by atoms with Crippen LogP contribution in [-0.4, -0.2) is 21.4 Å². The summed E-state index contributed by atoms with van der Waals surface area (Å²) in [6.45, 7) is 2.88. The van der Waals surface area contributed by atoms with E-state index < -0.39 is 11.7 Å². The molecule has 164 valence electrons. The Labute approximate surface area is 190 Å². The number of fused-ring (bicyclic) bond motifs is 2. The number of aromatic nitrogens is 2. The Hall–Kier alpha value is -4.26. The minimum absolute atomic E-state index is 0.177. The molecular weight excluding hydrogens is 419 g/mol. The number of para-hydroxylation sites is 1. The third-order valence-corrected chi connectivity index (χ3v) is 5.81. The van der Waals surface area contributed by atoms with Crippen LogP contribution < -0.4 is 10.2 Å². The molecule has 1 N–H and O–H groups in total. The number of carbonyl (C=O) groups is 2. The van der Waals surface area contributed by atoms with Crippen LogP contribution >= 0.6 is 0 Å². The van der Waals surface area contributed by atoms with E-state index in [4.69, 9.17) is 0 Å². The fourth-order valence-electron chi connectivity index (χ4n) is 4.04. The van der Waals surface area contributed by atoms with Gasteiger partial charge in [0.15, 0.2) is 0 Å². The van der Waals surface area contributed by atoms with Crippen LogP contribution in [0, 0.1) is 12.7 Å². The van der Waals surface area contributed by atoms with E-state index in [-0.39, 0.29) is 17.3 Å². The largest absolute Gasteiger partial charge is 0.345 e. The summed E-state index contributed by atoms with van der Waals surface area (Å²) in [6, 6.07) is 19.1. The molecule has 0 aliphatic carbocycles. The molecule has 2 aromatic heterocycles. The van der Waals surface area contributed by atoms with Gasteiger partial charge in [-0.3, -0.25) is 9.59 Å². The monoisotopic (exact) mass is 440 g/mol. The van der Waals surface area contributed by atoms with E-state index in [1.807, 2.05) is 42.6 Å². The number of halogens is 1. The summed E-state index contributed by atoms with van der Waals surface area (Å²) in [5, 5.41) is 2.66. The Morgan fingerprint density at radius 2 is 1.85 bits per heavy atom. The molecule has 1 aliphatic heterocycles. The summed E-state index contributed by atoms with van der Waals surface area (Å²) in [5.41, 5.74) is 4.27. The summed E-state index contributed by atoms with van der Waals surface area (Å²) in [5.74, 6) is -0.835. The van der Waals surface area contributed by atoms with Crippen molar-refractivity contribution in [3.63, 3.8) is 0 Å². The molecule has 0 saturated carbocycles. The highest BCUT2D eigenvalue weighted by atomic mass is 19.1. The van der Waals surface area contributed by atoms with Crippen LogP contribution in [-0.2, 0) is 13.1 Å². The molecule has 2 amide bonds. The number of amides is 2. The van der Waals surface area contributed by atoms with Crippen LogP contribution in [0.2, 0.25) is 0 Å². The number of pyridine rings is 1. The second kappa shape index (κ2) is 8.35. The molecule has 7 heteroatoms. The van der Waals surface area contributed by atoms with Crippen molar-refractivity contribution in [2.45, 2.75) is 20.0 Å². The van der Waals surface area contributed by atoms with Gasteiger partial charge in [0.1, 0.15) is 11.6 Å². The van der Waals surface area contributed by atoms with E-state index >= 15 is 0 Å². The molecule has 33 heavy (non-hydrogen) atoms. The fourth-order valence-corrected chi connectivity index (χ4v) is 4.04. The standard InChI is InChI=1S/C26H21FN4O2/c1-17-8-10-20(27)13-22(17)25(32)29-24-11-9-18(14-28-24)26(33)31-16-21-6-4-12-30(21)15-19-5-2-3-7-23(19)31/h2-14H,15-16H2,1H3,(H,28,29,32). The molecule has 0 spiro atoms. The van der Waals surface area contributed by atoms with Crippen molar-refractivity contribution in [2.24, 2.45) is 0 Å². The SMILES string of the molecule is Cc1ccc(F)cc1C(=O)Nc1ccc(C(=O)N2Cc3cccn3Cc3ccccc32)cn1. The van der Waals surface area contributed by atoms with Crippen molar-refractivity contribution in [1.82, 2.24) is 9.55 Å². The lowest BCUT2D eigenvalue weighted by Gasteiger charge is -2.22. The second-order valence-electron chi connectivity index (χ2n) is 7.99. The fraction of sp³-hybridized carbons (Fsp3) is 0.115. The van der Waals surface area contributed by atoms with Crippen LogP contribution in [0.3, 0.4) is 0 Å². The van der Waals surface area contributed by atoms with Gasteiger partial charge in [0.2, 0.25) is 0 Å². The van der Waals surface area contributed by atoms with Gasteiger partial charge in [-0.05, 0) is 60.5 Å². The molecule has 6 nitrogen and oxygen atoms in total. The predicted octanol–water partition coefficient (Wildman–Crippen LogP) is 4.79. The van der Waals surface area contributed by atoms with Gasteiger partial charge in [-0.2, -0.15) is 0 Å². The molecule has 0 saturated heterocycles. The van der Waals surface area contributed by atoms with E-state index in [9.17, 15) is 14.0 Å². The minimum atomic E-state index is -0.483. The zero-order valence-electron chi connectivity index (χ0n) is 18.0. The Bertz CT molecular complexity index is 1360. The third kappa shape index (κ3) is 4.01. The van der Waals surface area contributed by atoms with Crippen molar-refractivity contribution in [2.75, 3.05) is 10.2 Å². The Kier molecular flexibility index (Phi) is 5.22. The van der Waals surface area contributed by atoms with E-state index in [0.717, 1.165) is 16.9 Å². The molecule has 1 aliphatic rings. The minimum Gasteiger partial charge on any atom is -0.345 e. The molecule has 4 aromatic rings. The van der Waals surface area contributed by atoms with E-state index in [0.29, 0.717) is 24.2 Å². The number of hydrogen-bond acceptors (Lipinski definition) is 3. The summed E-state index contributed by atoms with van der Waals surface area (Å²) in [7, 11) is 0. The topological polar surface area (TPSA) is 67.2 Å². The Morgan fingerprint density at radius 1 is 1.00 bits per heavy atom. The highest BCUT2D eigenvalue weighted by molar-refractivity contribution is 6.07. The van der Waals surface area contributed by atoms with Crippen molar-refractivity contribution in [3.8, 4) is 0 Å². The summed E-state index contributed by atoms with van der Waals surface area (Å²) >= 11 is 0. The van der Waals surface area contributed by atoms with Crippen LogP contribution in [0.1, 0.15) is 37.5 Å². The molecule has 3 heterocycles. The average molecular weight is 440 g/mol. The van der Waals surface area contributed by atoms with Crippen molar-refractivity contribution >= 4 is 23.3 Å². The van der Waals surface area contributed by atoms with Crippen molar-refractivity contribution in [1.29, 1.82) is 0 Å². The summed E-state index contributed by atoms with van der Waals surface area (Å²) < 4.78 is 15.7. The number of anilines is 2. The number of aryl methyl sites for hydroxylation is 1. The van der Waals surface area contributed by atoms with Crippen LogP contribution in [0.25, 0.3) is 0 Å². The van der Waals surface area contributed by atoms with Gasteiger partial charge in [-0.1, -0.05) is 24.3 Å². The quantitative estimate of drug-likeness (QED) is 0.498. The van der Waals surface area contributed by atoms with Gasteiger partial charge in [0, 0.05) is 35.9 Å². The van der Waals surface area contributed by atoms with Gasteiger partial charge in [-0.15, -0.1) is 0 Å². The highest BCUT2D eigenvalue weighted by Gasteiger charge is 2.25. The van der Waals surface area contributed by atoms with Crippen LogP contribution in [0.15, 0.2) is 79.1 Å². The Balaban J connectivity index is 1.39. The first-order chi connectivity index (χ1) is 16.0. The van der Waals surface area contributed by atoms with E-state index in [1.165, 1.54) is 18.3 Å². The van der Waals surface area contributed by atoms with Crippen molar-refractivity contribution < 1.29 is 14.0 Å². The molecule has 0 atom stereocenters. The number of benzene rings is 2. The average Bonchev–Trinajstić information content (AvgIpc) is 3.19. The maximum atomic E-state index is 13.5. The zero-order chi connectivity index (χ0) is 22.9. The van der Waals surface area contributed by atoms with Gasteiger partial charge >= 0.3 is 0 Å². The molecule has 5 rings (SSSR count). The van der Waals surface area contributed by atoms with E-state index in [2.05, 4.69) is 14.9 Å². The number of hydrogen-bond donors (Lipinski definition) is 1. The number of rotatable bonds is 3. The van der Waals surface area contributed by atoms with Gasteiger partial charge in [-0.25, -0.2) is 9.37 Å². The van der Waals surface area contributed by atoms with Crippen LogP contribution in [0.4, 0.5) is 15.9 Å². The maximum absolute atomic E-state index is 13.5. The molecule has 0 bridgehead atoms. The maximum Gasteiger partial charge on any atom is 0.260 e. The first-order valence-corrected chi connectivity index (χ1v) is 10.6. The van der Waals surface area contributed by atoms with Gasteiger partial charge < -0.3 is 14.8 Å². The number of nitrogens with zero attached hydrogens (tertiary/aromatic N) is 3. The predicted molar refractivity (Wildman–Crippen MR) is 124 cm³/mol. The lowest BCUT2D eigenvalue weighted by molar-refractivity contribution is 0.0983. The Morgan fingerprint density at radius 3 is 2.67 bits per heavy atom. The molecular formula is C26H21FN4O2. The second-order valence-corrected chi connectivity index (χ2v) is 7.99. The first kappa shape index (κ1) is 20.6. The first-order valence-electron chi connectivity index (χ1n) is 10.6. The molecule has 0 unspecified atom stereocenters.